The van der Waals surface area contributed by atoms with Crippen molar-refractivity contribution in [1.29, 1.82) is 0 Å². The number of H-pyrrole nitrogens is 1. The van der Waals surface area contributed by atoms with E-state index in [0.717, 1.165) is 11.6 Å². The SMILES string of the molecule is FC(F)(F)c1ccccc1OC1CCN(c2ncc(-c3cn[nH]n3)cn2)CC1. The fraction of sp³-hybridized carbons (Fsp3) is 0.333. The van der Waals surface area contributed by atoms with Gasteiger partial charge in [0.2, 0.25) is 5.95 Å². The molecule has 146 valence electrons. The zero-order chi connectivity index (χ0) is 19.6. The quantitative estimate of drug-likeness (QED) is 0.736. The number of alkyl halides is 3. The first-order chi connectivity index (χ1) is 13.5. The van der Waals surface area contributed by atoms with Crippen LogP contribution in [0.15, 0.2) is 42.9 Å². The monoisotopic (exact) mass is 390 g/mol. The lowest BCUT2D eigenvalue weighted by Crippen LogP contribution is -2.39. The van der Waals surface area contributed by atoms with E-state index in [9.17, 15) is 13.2 Å². The van der Waals surface area contributed by atoms with Crippen molar-refractivity contribution in [3.05, 3.63) is 48.4 Å². The molecule has 1 aliphatic heterocycles. The topological polar surface area (TPSA) is 79.8 Å². The Labute approximate surface area is 158 Å². The summed E-state index contributed by atoms with van der Waals surface area (Å²) < 4.78 is 45.0. The highest BCUT2D eigenvalue weighted by atomic mass is 19.4. The second kappa shape index (κ2) is 7.45. The number of hydrogen-bond acceptors (Lipinski definition) is 6. The number of aromatic amines is 1. The minimum Gasteiger partial charge on any atom is -0.490 e. The Bertz CT molecular complexity index is 906. The van der Waals surface area contributed by atoms with Gasteiger partial charge in [-0.05, 0) is 12.1 Å². The summed E-state index contributed by atoms with van der Waals surface area (Å²) in [6.07, 6.45) is 1.37. The van der Waals surface area contributed by atoms with Crippen molar-refractivity contribution >= 4 is 5.95 Å². The predicted octanol–water partition coefficient (Wildman–Crippen LogP) is 3.33. The molecular formula is C18H17F3N6O. The first-order valence-electron chi connectivity index (χ1n) is 8.77. The van der Waals surface area contributed by atoms with Gasteiger partial charge in [-0.1, -0.05) is 12.1 Å². The number of hydrogen-bond donors (Lipinski definition) is 1. The average Bonchev–Trinajstić information content (AvgIpc) is 3.23. The van der Waals surface area contributed by atoms with Crippen LogP contribution in [0.5, 0.6) is 5.75 Å². The highest BCUT2D eigenvalue weighted by Crippen LogP contribution is 2.37. The number of nitrogens with zero attached hydrogens (tertiary/aromatic N) is 5. The first kappa shape index (κ1) is 18.2. The van der Waals surface area contributed by atoms with E-state index in [0.29, 0.717) is 37.6 Å². The van der Waals surface area contributed by atoms with Crippen LogP contribution in [0.3, 0.4) is 0 Å². The minimum atomic E-state index is -4.43. The fourth-order valence-electron chi connectivity index (χ4n) is 3.11. The van der Waals surface area contributed by atoms with E-state index < -0.39 is 11.7 Å². The van der Waals surface area contributed by atoms with Crippen LogP contribution in [0, 0.1) is 0 Å². The van der Waals surface area contributed by atoms with Crippen LogP contribution in [0.4, 0.5) is 19.1 Å². The molecule has 0 atom stereocenters. The van der Waals surface area contributed by atoms with Gasteiger partial charge in [-0.2, -0.15) is 28.6 Å². The van der Waals surface area contributed by atoms with E-state index >= 15 is 0 Å². The summed E-state index contributed by atoms with van der Waals surface area (Å²) in [7, 11) is 0. The number of nitrogens with one attached hydrogen (secondary N) is 1. The molecule has 3 aromatic rings. The maximum atomic E-state index is 13.1. The van der Waals surface area contributed by atoms with Crippen molar-refractivity contribution in [3.8, 4) is 17.0 Å². The number of rotatable bonds is 4. The van der Waals surface area contributed by atoms with E-state index in [1.165, 1.54) is 12.1 Å². The Hall–Kier alpha value is -3.17. The Morgan fingerprint density at radius 1 is 1.04 bits per heavy atom. The van der Waals surface area contributed by atoms with Crippen molar-refractivity contribution in [2.24, 2.45) is 0 Å². The average molecular weight is 390 g/mol. The third kappa shape index (κ3) is 3.90. The molecule has 0 aliphatic carbocycles. The van der Waals surface area contributed by atoms with Gasteiger partial charge in [-0.25, -0.2) is 9.97 Å². The largest absolute Gasteiger partial charge is 0.490 e. The molecule has 0 bridgehead atoms. The van der Waals surface area contributed by atoms with Gasteiger partial charge in [-0.15, -0.1) is 0 Å². The van der Waals surface area contributed by atoms with E-state index in [1.807, 2.05) is 4.90 Å². The molecule has 28 heavy (non-hydrogen) atoms. The predicted molar refractivity (Wildman–Crippen MR) is 94.7 cm³/mol. The summed E-state index contributed by atoms with van der Waals surface area (Å²) in [5.41, 5.74) is 0.658. The molecule has 3 heterocycles. The number of benzene rings is 1. The van der Waals surface area contributed by atoms with Crippen molar-refractivity contribution in [2.75, 3.05) is 18.0 Å². The minimum absolute atomic E-state index is 0.123. The Kier molecular flexibility index (Phi) is 4.84. The molecule has 0 amide bonds. The summed E-state index contributed by atoms with van der Waals surface area (Å²) in [4.78, 5) is 10.7. The molecule has 7 nitrogen and oxygen atoms in total. The molecule has 0 radical (unpaired) electrons. The molecule has 1 aliphatic rings. The second-order valence-corrected chi connectivity index (χ2v) is 6.43. The number of para-hydroxylation sites is 1. The lowest BCUT2D eigenvalue weighted by Gasteiger charge is -2.32. The van der Waals surface area contributed by atoms with Crippen LogP contribution < -0.4 is 9.64 Å². The molecule has 2 aromatic heterocycles. The zero-order valence-electron chi connectivity index (χ0n) is 14.7. The van der Waals surface area contributed by atoms with Crippen molar-refractivity contribution in [3.63, 3.8) is 0 Å². The third-order valence-corrected chi connectivity index (χ3v) is 4.56. The molecule has 10 heteroatoms. The standard InChI is InChI=1S/C18H17F3N6O/c19-18(20,21)14-3-1-2-4-16(14)28-13-5-7-27(8-6-13)17-22-9-12(10-23-17)15-11-24-26-25-15/h1-4,9-11,13H,5-8H2,(H,24,25,26). The zero-order valence-corrected chi connectivity index (χ0v) is 14.7. The fourth-order valence-corrected chi connectivity index (χ4v) is 3.11. The van der Waals surface area contributed by atoms with Gasteiger partial charge in [0.15, 0.2) is 0 Å². The number of piperidine rings is 1. The summed E-state index contributed by atoms with van der Waals surface area (Å²) in [5, 5.41) is 10.3. The van der Waals surface area contributed by atoms with Crippen LogP contribution in [-0.4, -0.2) is 44.6 Å². The van der Waals surface area contributed by atoms with Crippen LogP contribution in [0.25, 0.3) is 11.3 Å². The molecule has 1 aromatic carbocycles. The molecule has 0 unspecified atom stereocenters. The van der Waals surface area contributed by atoms with E-state index in [1.54, 1.807) is 24.7 Å². The van der Waals surface area contributed by atoms with Gasteiger partial charge in [-0.3, -0.25) is 0 Å². The van der Waals surface area contributed by atoms with Crippen LogP contribution in [0.2, 0.25) is 0 Å². The molecule has 0 saturated carbocycles. The molecule has 1 N–H and O–H groups in total. The maximum absolute atomic E-state index is 13.1. The summed E-state index contributed by atoms with van der Waals surface area (Å²) in [6, 6.07) is 5.30. The first-order valence-corrected chi connectivity index (χ1v) is 8.77. The Balaban J connectivity index is 1.38. The molecular weight excluding hydrogens is 373 g/mol. The van der Waals surface area contributed by atoms with Crippen molar-refractivity contribution in [1.82, 2.24) is 25.4 Å². The maximum Gasteiger partial charge on any atom is 0.419 e. The van der Waals surface area contributed by atoms with Gasteiger partial charge < -0.3 is 9.64 Å². The van der Waals surface area contributed by atoms with Crippen LogP contribution >= 0.6 is 0 Å². The van der Waals surface area contributed by atoms with Crippen LogP contribution in [0.1, 0.15) is 18.4 Å². The van der Waals surface area contributed by atoms with E-state index in [4.69, 9.17) is 4.74 Å². The lowest BCUT2D eigenvalue weighted by atomic mass is 10.1. The Morgan fingerprint density at radius 2 is 1.75 bits per heavy atom. The van der Waals surface area contributed by atoms with Gasteiger partial charge in [0, 0.05) is 43.9 Å². The highest BCUT2D eigenvalue weighted by molar-refractivity contribution is 5.55. The van der Waals surface area contributed by atoms with Crippen molar-refractivity contribution < 1.29 is 17.9 Å². The van der Waals surface area contributed by atoms with E-state index in [-0.39, 0.29) is 11.9 Å². The number of halogens is 3. The van der Waals surface area contributed by atoms with Crippen LogP contribution in [-0.2, 0) is 6.18 Å². The lowest BCUT2D eigenvalue weighted by molar-refractivity contribution is -0.139. The smallest absolute Gasteiger partial charge is 0.419 e. The number of aromatic nitrogens is 5. The summed E-state index contributed by atoms with van der Waals surface area (Å²) >= 11 is 0. The third-order valence-electron chi connectivity index (χ3n) is 4.56. The molecule has 0 spiro atoms. The normalized spacial score (nSPS) is 15.6. The van der Waals surface area contributed by atoms with Crippen molar-refractivity contribution in [2.45, 2.75) is 25.1 Å². The van der Waals surface area contributed by atoms with E-state index in [2.05, 4.69) is 25.4 Å². The summed E-state index contributed by atoms with van der Waals surface area (Å²) in [6.45, 7) is 1.20. The second-order valence-electron chi connectivity index (χ2n) is 6.43. The number of ether oxygens (including phenoxy) is 1. The molecule has 1 fully saturated rings. The summed E-state index contributed by atoms with van der Waals surface area (Å²) in [5.74, 6) is 0.447. The van der Waals surface area contributed by atoms with Gasteiger partial charge in [0.1, 0.15) is 17.5 Å². The van der Waals surface area contributed by atoms with Gasteiger partial charge >= 0.3 is 6.18 Å². The molecule has 1 saturated heterocycles. The molecule has 4 rings (SSSR count). The highest BCUT2D eigenvalue weighted by Gasteiger charge is 2.35. The van der Waals surface area contributed by atoms with Gasteiger partial charge in [0.05, 0.1) is 11.8 Å². The Morgan fingerprint density at radius 3 is 2.39 bits per heavy atom. The number of anilines is 1. The van der Waals surface area contributed by atoms with Gasteiger partial charge in [0.25, 0.3) is 0 Å².